The number of piperazine rings is 1. The maximum absolute atomic E-state index is 13.7. The molecule has 20 heavy (non-hydrogen) atoms. The van der Waals surface area contributed by atoms with E-state index in [1.165, 1.54) is 6.07 Å². The van der Waals surface area contributed by atoms with Gasteiger partial charge < -0.3 is 10.2 Å². The third-order valence-corrected chi connectivity index (χ3v) is 3.83. The number of halogens is 3. The van der Waals surface area contributed by atoms with Gasteiger partial charge in [0.25, 0.3) is 0 Å². The molecule has 1 saturated heterocycles. The van der Waals surface area contributed by atoms with Crippen LogP contribution in [0.1, 0.15) is 19.4 Å². The molecule has 112 valence electrons. The fourth-order valence-corrected chi connectivity index (χ4v) is 2.55. The molecule has 0 bridgehead atoms. The third-order valence-electron chi connectivity index (χ3n) is 3.47. The van der Waals surface area contributed by atoms with E-state index in [1.54, 1.807) is 17.0 Å². The molecule has 0 spiro atoms. The lowest BCUT2D eigenvalue weighted by atomic mass is 10.1. The van der Waals surface area contributed by atoms with Crippen LogP contribution >= 0.6 is 24.0 Å². The summed E-state index contributed by atoms with van der Waals surface area (Å²) in [5.74, 6) is -0.496. The number of rotatable bonds is 2. The fourth-order valence-electron chi connectivity index (χ4n) is 2.32. The second-order valence-corrected chi connectivity index (χ2v) is 5.49. The molecule has 1 amide bonds. The summed E-state index contributed by atoms with van der Waals surface area (Å²) in [4.78, 5) is 14.1. The molecule has 1 aromatic carbocycles. The second-order valence-electron chi connectivity index (χ2n) is 5.08. The summed E-state index contributed by atoms with van der Waals surface area (Å²) >= 11 is 5.95. The van der Waals surface area contributed by atoms with Crippen molar-refractivity contribution in [1.82, 2.24) is 10.2 Å². The van der Waals surface area contributed by atoms with Gasteiger partial charge in [0.2, 0.25) is 5.91 Å². The Morgan fingerprint density at radius 1 is 1.50 bits per heavy atom. The third kappa shape index (κ3) is 3.84. The topological polar surface area (TPSA) is 32.3 Å². The Balaban J connectivity index is 0.00000200. The molecular formula is C14H19Cl2FN2O. The number of nitrogens with zero attached hydrogens (tertiary/aromatic N) is 1. The van der Waals surface area contributed by atoms with Crippen LogP contribution in [-0.2, 0) is 11.2 Å². The number of carbonyl (C=O) groups is 1. The number of benzene rings is 1. The zero-order valence-electron chi connectivity index (χ0n) is 11.5. The molecule has 0 radical (unpaired) electrons. The van der Waals surface area contributed by atoms with E-state index in [0.29, 0.717) is 11.6 Å². The summed E-state index contributed by atoms with van der Waals surface area (Å²) in [6.07, 6.45) is 0.0164. The van der Waals surface area contributed by atoms with Crippen LogP contribution in [0.4, 0.5) is 4.39 Å². The van der Waals surface area contributed by atoms with Crippen molar-refractivity contribution in [3.05, 3.63) is 34.6 Å². The summed E-state index contributed by atoms with van der Waals surface area (Å²) < 4.78 is 13.7. The molecule has 0 aliphatic carbocycles. The molecule has 1 heterocycles. The minimum Gasteiger partial charge on any atom is -0.337 e. The molecule has 1 aliphatic rings. The van der Waals surface area contributed by atoms with Gasteiger partial charge in [0, 0.05) is 35.8 Å². The Morgan fingerprint density at radius 3 is 2.85 bits per heavy atom. The van der Waals surface area contributed by atoms with Gasteiger partial charge in [-0.25, -0.2) is 4.39 Å². The highest BCUT2D eigenvalue weighted by Crippen LogP contribution is 2.21. The van der Waals surface area contributed by atoms with Crippen LogP contribution in [0, 0.1) is 5.82 Å². The highest BCUT2D eigenvalue weighted by Gasteiger charge is 2.27. The van der Waals surface area contributed by atoms with Crippen LogP contribution in [0.5, 0.6) is 0 Å². The van der Waals surface area contributed by atoms with Gasteiger partial charge in [0.05, 0.1) is 6.42 Å². The number of carbonyl (C=O) groups excluding carboxylic acids is 1. The molecule has 1 aliphatic heterocycles. The Bertz CT molecular complexity index is 464. The Kier molecular flexibility index (Phi) is 6.24. The lowest BCUT2D eigenvalue weighted by molar-refractivity contribution is -0.133. The SMILES string of the molecule is CC1CN(C(=O)Cc2c(F)cccc2Cl)C(C)CN1.Cl. The van der Waals surface area contributed by atoms with E-state index < -0.39 is 5.82 Å². The van der Waals surface area contributed by atoms with Crippen molar-refractivity contribution in [2.24, 2.45) is 0 Å². The molecule has 1 fully saturated rings. The smallest absolute Gasteiger partial charge is 0.227 e. The van der Waals surface area contributed by atoms with Crippen molar-refractivity contribution in [1.29, 1.82) is 0 Å². The van der Waals surface area contributed by atoms with Crippen LogP contribution in [0.25, 0.3) is 0 Å². The monoisotopic (exact) mass is 320 g/mol. The molecule has 1 aromatic rings. The van der Waals surface area contributed by atoms with E-state index in [4.69, 9.17) is 11.6 Å². The highest BCUT2D eigenvalue weighted by atomic mass is 35.5. The predicted molar refractivity (Wildman–Crippen MR) is 81.0 cm³/mol. The molecule has 2 rings (SSSR count). The average molecular weight is 321 g/mol. The van der Waals surface area contributed by atoms with Gasteiger partial charge in [0.15, 0.2) is 0 Å². The van der Waals surface area contributed by atoms with Crippen LogP contribution in [0.2, 0.25) is 5.02 Å². The number of hydrogen-bond acceptors (Lipinski definition) is 2. The molecule has 2 unspecified atom stereocenters. The minimum absolute atomic E-state index is 0. The Hall–Kier alpha value is -0.840. The summed E-state index contributed by atoms with van der Waals surface area (Å²) in [7, 11) is 0. The second kappa shape index (κ2) is 7.25. The maximum Gasteiger partial charge on any atom is 0.227 e. The number of nitrogens with one attached hydrogen (secondary N) is 1. The molecule has 2 atom stereocenters. The van der Waals surface area contributed by atoms with Gasteiger partial charge in [-0.1, -0.05) is 17.7 Å². The quantitative estimate of drug-likeness (QED) is 0.908. The Labute approximate surface area is 129 Å². The summed E-state index contributed by atoms with van der Waals surface area (Å²) in [5, 5.41) is 3.62. The van der Waals surface area contributed by atoms with Gasteiger partial charge >= 0.3 is 0 Å². The molecule has 0 aromatic heterocycles. The molecule has 1 N–H and O–H groups in total. The first kappa shape index (κ1) is 17.2. The van der Waals surface area contributed by atoms with Crippen molar-refractivity contribution in [2.75, 3.05) is 13.1 Å². The first-order valence-electron chi connectivity index (χ1n) is 6.44. The van der Waals surface area contributed by atoms with Gasteiger partial charge in [-0.2, -0.15) is 0 Å². The van der Waals surface area contributed by atoms with Crippen LogP contribution < -0.4 is 5.32 Å². The summed E-state index contributed by atoms with van der Waals surface area (Å²) in [6, 6.07) is 4.86. The van der Waals surface area contributed by atoms with Crippen LogP contribution in [-0.4, -0.2) is 36.0 Å². The first-order chi connectivity index (χ1) is 8.99. The van der Waals surface area contributed by atoms with Crippen LogP contribution in [0.3, 0.4) is 0 Å². The zero-order chi connectivity index (χ0) is 14.0. The average Bonchev–Trinajstić information content (AvgIpc) is 2.37. The van der Waals surface area contributed by atoms with E-state index in [9.17, 15) is 9.18 Å². The van der Waals surface area contributed by atoms with Gasteiger partial charge in [-0.3, -0.25) is 4.79 Å². The first-order valence-corrected chi connectivity index (χ1v) is 6.82. The van der Waals surface area contributed by atoms with Crippen LogP contribution in [0.15, 0.2) is 18.2 Å². The van der Waals surface area contributed by atoms with Gasteiger partial charge in [-0.15, -0.1) is 12.4 Å². The van der Waals surface area contributed by atoms with Crippen molar-refractivity contribution >= 4 is 29.9 Å². The summed E-state index contributed by atoms with van der Waals surface area (Å²) in [6.45, 7) is 5.42. The highest BCUT2D eigenvalue weighted by molar-refractivity contribution is 6.31. The van der Waals surface area contributed by atoms with E-state index in [1.807, 2.05) is 13.8 Å². The van der Waals surface area contributed by atoms with Crippen molar-refractivity contribution in [3.8, 4) is 0 Å². The van der Waals surface area contributed by atoms with Gasteiger partial charge in [-0.05, 0) is 26.0 Å². The number of amides is 1. The van der Waals surface area contributed by atoms with Crippen molar-refractivity contribution < 1.29 is 9.18 Å². The van der Waals surface area contributed by atoms with E-state index in [0.717, 1.165) is 6.54 Å². The van der Waals surface area contributed by atoms with E-state index in [2.05, 4.69) is 5.32 Å². The lowest BCUT2D eigenvalue weighted by Crippen LogP contribution is -2.56. The zero-order valence-corrected chi connectivity index (χ0v) is 13.1. The molecule has 3 nitrogen and oxygen atoms in total. The normalized spacial score (nSPS) is 22.3. The van der Waals surface area contributed by atoms with Gasteiger partial charge in [0.1, 0.15) is 5.82 Å². The summed E-state index contributed by atoms with van der Waals surface area (Å²) in [5.41, 5.74) is 0.285. The Morgan fingerprint density at radius 2 is 2.20 bits per heavy atom. The maximum atomic E-state index is 13.7. The minimum atomic E-state index is -0.420. The predicted octanol–water partition coefficient (Wildman–Crippen LogP) is 2.65. The fraction of sp³-hybridized carbons (Fsp3) is 0.500. The molecule has 6 heteroatoms. The number of hydrogen-bond donors (Lipinski definition) is 1. The largest absolute Gasteiger partial charge is 0.337 e. The standard InChI is InChI=1S/C14H18ClFN2O.ClH/c1-9-8-18(10(2)7-17-9)14(19)6-11-12(15)4-3-5-13(11)16;/h3-5,9-10,17H,6-8H2,1-2H3;1H. The van der Waals surface area contributed by atoms with Crippen molar-refractivity contribution in [2.45, 2.75) is 32.4 Å². The van der Waals surface area contributed by atoms with E-state index in [-0.39, 0.29) is 42.4 Å². The van der Waals surface area contributed by atoms with E-state index >= 15 is 0 Å². The molecular weight excluding hydrogens is 302 g/mol. The van der Waals surface area contributed by atoms with Crippen molar-refractivity contribution in [3.63, 3.8) is 0 Å². The molecule has 0 saturated carbocycles. The lowest BCUT2D eigenvalue weighted by Gasteiger charge is -2.37.